The molecular weight excluding hydrogens is 318 g/mol. The Hall–Kier alpha value is -2.03. The number of hydrogen-bond donors (Lipinski definition) is 2. The zero-order chi connectivity index (χ0) is 16.4. The summed E-state index contributed by atoms with van der Waals surface area (Å²) in [7, 11) is 0. The molecule has 1 aliphatic rings. The Balaban J connectivity index is 1.91. The number of nitrogens with zero attached hydrogens (tertiary/aromatic N) is 2. The van der Waals surface area contributed by atoms with Gasteiger partial charge in [-0.15, -0.1) is 0 Å². The second kappa shape index (κ2) is 6.61. The van der Waals surface area contributed by atoms with E-state index in [9.17, 15) is 9.59 Å². The molecule has 0 atom stereocenters. The Labute approximate surface area is 137 Å². The number of aromatic nitrogens is 2. The molecule has 23 heavy (non-hydrogen) atoms. The van der Waals surface area contributed by atoms with Gasteiger partial charge in [0.1, 0.15) is 0 Å². The molecule has 0 amide bonds. The van der Waals surface area contributed by atoms with Crippen molar-refractivity contribution in [1.82, 2.24) is 14.5 Å². The summed E-state index contributed by atoms with van der Waals surface area (Å²) in [5.41, 5.74) is 0.366. The summed E-state index contributed by atoms with van der Waals surface area (Å²) in [6, 6.07) is 4.38. The number of aromatic amines is 1. The van der Waals surface area contributed by atoms with E-state index in [4.69, 9.17) is 22.1 Å². The van der Waals surface area contributed by atoms with Crippen molar-refractivity contribution in [3.63, 3.8) is 0 Å². The predicted octanol–water partition coefficient (Wildman–Crippen LogP) is 1.09. The van der Waals surface area contributed by atoms with Crippen LogP contribution in [0, 0.1) is 4.77 Å². The second-order valence-electron chi connectivity index (χ2n) is 5.41. The Bertz CT molecular complexity index is 852. The van der Waals surface area contributed by atoms with Crippen molar-refractivity contribution < 1.29 is 14.6 Å². The van der Waals surface area contributed by atoms with Gasteiger partial charge in [0.2, 0.25) is 0 Å². The first-order valence-corrected chi connectivity index (χ1v) is 7.77. The van der Waals surface area contributed by atoms with Crippen LogP contribution in [-0.2, 0) is 11.3 Å². The van der Waals surface area contributed by atoms with Gasteiger partial charge < -0.3 is 14.8 Å². The number of aromatic carboxylic acids is 1. The molecule has 8 heteroatoms. The molecule has 2 heterocycles. The fraction of sp³-hybridized carbons (Fsp3) is 0.400. The standard InChI is InChI=1S/C15H17N3O4S/c19-13-11-2-1-10(14(20)21)9-12(11)16-15(23)18(13)4-3-17-5-7-22-8-6-17/h1-2,9H,3-8H2,(H,16,23)(H,20,21). The third-order valence-electron chi connectivity index (χ3n) is 3.97. The first-order valence-electron chi connectivity index (χ1n) is 7.36. The van der Waals surface area contributed by atoms with Crippen molar-refractivity contribution in [2.75, 3.05) is 32.8 Å². The fourth-order valence-corrected chi connectivity index (χ4v) is 2.94. The molecular formula is C15H17N3O4S. The van der Waals surface area contributed by atoms with Crippen LogP contribution >= 0.6 is 12.2 Å². The van der Waals surface area contributed by atoms with Gasteiger partial charge in [-0.05, 0) is 30.4 Å². The maximum absolute atomic E-state index is 12.6. The van der Waals surface area contributed by atoms with Gasteiger partial charge in [-0.2, -0.15) is 0 Å². The molecule has 2 N–H and O–H groups in total. The summed E-state index contributed by atoms with van der Waals surface area (Å²) in [6.45, 7) is 4.32. The Morgan fingerprint density at radius 3 is 2.74 bits per heavy atom. The van der Waals surface area contributed by atoms with Crippen LogP contribution in [0.5, 0.6) is 0 Å². The lowest BCUT2D eigenvalue weighted by Crippen LogP contribution is -2.39. The molecule has 122 valence electrons. The van der Waals surface area contributed by atoms with Crippen molar-refractivity contribution in [1.29, 1.82) is 0 Å². The Kier molecular flexibility index (Phi) is 4.56. The Morgan fingerprint density at radius 2 is 2.04 bits per heavy atom. The van der Waals surface area contributed by atoms with Crippen LogP contribution in [-0.4, -0.2) is 58.4 Å². The molecule has 7 nitrogen and oxygen atoms in total. The second-order valence-corrected chi connectivity index (χ2v) is 5.79. The first-order chi connectivity index (χ1) is 11.1. The number of carbonyl (C=O) groups is 1. The van der Waals surface area contributed by atoms with E-state index in [0.29, 0.717) is 35.4 Å². The molecule has 1 aromatic heterocycles. The van der Waals surface area contributed by atoms with Gasteiger partial charge in [0.25, 0.3) is 5.56 Å². The van der Waals surface area contributed by atoms with Crippen LogP contribution in [0.4, 0.5) is 0 Å². The first kappa shape index (κ1) is 15.9. The number of ether oxygens (including phenoxy) is 1. The summed E-state index contributed by atoms with van der Waals surface area (Å²) in [5, 5.41) is 9.46. The van der Waals surface area contributed by atoms with E-state index in [-0.39, 0.29) is 11.1 Å². The fourth-order valence-electron chi connectivity index (χ4n) is 2.66. The van der Waals surface area contributed by atoms with Crippen LogP contribution in [0.25, 0.3) is 10.9 Å². The number of benzene rings is 1. The van der Waals surface area contributed by atoms with Crippen LogP contribution in [0.3, 0.4) is 0 Å². The van der Waals surface area contributed by atoms with Gasteiger partial charge in [-0.25, -0.2) is 4.79 Å². The molecule has 0 spiro atoms. The highest BCUT2D eigenvalue weighted by atomic mass is 32.1. The quantitative estimate of drug-likeness (QED) is 0.813. The number of rotatable bonds is 4. The highest BCUT2D eigenvalue weighted by Gasteiger charge is 2.12. The minimum absolute atomic E-state index is 0.119. The molecule has 1 aromatic carbocycles. The molecule has 0 radical (unpaired) electrons. The average Bonchev–Trinajstić information content (AvgIpc) is 2.55. The molecule has 3 rings (SSSR count). The number of fused-ring (bicyclic) bond motifs is 1. The van der Waals surface area contributed by atoms with Crippen molar-refractivity contribution in [2.24, 2.45) is 0 Å². The van der Waals surface area contributed by atoms with Crippen molar-refractivity contribution in [2.45, 2.75) is 6.54 Å². The molecule has 1 aliphatic heterocycles. The minimum Gasteiger partial charge on any atom is -0.478 e. The lowest BCUT2D eigenvalue weighted by atomic mass is 10.1. The normalized spacial score (nSPS) is 15.8. The van der Waals surface area contributed by atoms with Crippen LogP contribution in [0.15, 0.2) is 23.0 Å². The number of H-pyrrole nitrogens is 1. The molecule has 0 aliphatic carbocycles. The minimum atomic E-state index is -1.04. The van der Waals surface area contributed by atoms with E-state index in [1.165, 1.54) is 22.8 Å². The lowest BCUT2D eigenvalue weighted by Gasteiger charge is -2.26. The molecule has 0 bridgehead atoms. The van der Waals surface area contributed by atoms with Crippen molar-refractivity contribution in [3.05, 3.63) is 38.9 Å². The van der Waals surface area contributed by atoms with Gasteiger partial charge in [-0.1, -0.05) is 0 Å². The van der Waals surface area contributed by atoms with Gasteiger partial charge in [0.05, 0.1) is 29.7 Å². The van der Waals surface area contributed by atoms with E-state index in [0.717, 1.165) is 19.6 Å². The van der Waals surface area contributed by atoms with Crippen LogP contribution < -0.4 is 5.56 Å². The van der Waals surface area contributed by atoms with Crippen LogP contribution in [0.1, 0.15) is 10.4 Å². The van der Waals surface area contributed by atoms with Gasteiger partial charge in [-0.3, -0.25) is 14.3 Å². The molecule has 2 aromatic rings. The summed E-state index contributed by atoms with van der Waals surface area (Å²) >= 11 is 5.26. The van der Waals surface area contributed by atoms with Gasteiger partial charge in [0, 0.05) is 26.2 Å². The maximum Gasteiger partial charge on any atom is 0.335 e. The monoisotopic (exact) mass is 335 g/mol. The highest BCUT2D eigenvalue weighted by molar-refractivity contribution is 7.71. The Morgan fingerprint density at radius 1 is 1.30 bits per heavy atom. The molecule has 0 unspecified atom stereocenters. The van der Waals surface area contributed by atoms with E-state index >= 15 is 0 Å². The maximum atomic E-state index is 12.6. The van der Waals surface area contributed by atoms with Crippen molar-refractivity contribution >= 4 is 29.1 Å². The largest absolute Gasteiger partial charge is 0.478 e. The molecule has 0 saturated carbocycles. The zero-order valence-electron chi connectivity index (χ0n) is 12.4. The highest BCUT2D eigenvalue weighted by Crippen LogP contribution is 2.11. The SMILES string of the molecule is O=C(O)c1ccc2c(=O)n(CCN3CCOCC3)c(=S)[nH]c2c1. The van der Waals surface area contributed by atoms with E-state index in [1.807, 2.05) is 0 Å². The van der Waals surface area contributed by atoms with Crippen molar-refractivity contribution in [3.8, 4) is 0 Å². The third kappa shape index (κ3) is 3.34. The zero-order valence-corrected chi connectivity index (χ0v) is 13.3. The van der Waals surface area contributed by atoms with E-state index in [2.05, 4.69) is 9.88 Å². The van der Waals surface area contributed by atoms with Crippen LogP contribution in [0.2, 0.25) is 0 Å². The average molecular weight is 335 g/mol. The summed E-state index contributed by atoms with van der Waals surface area (Å²) < 4.78 is 7.13. The van der Waals surface area contributed by atoms with E-state index < -0.39 is 5.97 Å². The van der Waals surface area contributed by atoms with Gasteiger partial charge in [0.15, 0.2) is 4.77 Å². The third-order valence-corrected chi connectivity index (χ3v) is 4.29. The lowest BCUT2D eigenvalue weighted by molar-refractivity contribution is 0.0362. The molecule has 1 saturated heterocycles. The summed E-state index contributed by atoms with van der Waals surface area (Å²) in [4.78, 5) is 28.8. The van der Waals surface area contributed by atoms with Gasteiger partial charge >= 0.3 is 5.97 Å². The smallest absolute Gasteiger partial charge is 0.335 e. The topological polar surface area (TPSA) is 87.6 Å². The summed E-state index contributed by atoms with van der Waals surface area (Å²) in [5.74, 6) is -1.04. The number of carboxylic acids is 1. The summed E-state index contributed by atoms with van der Waals surface area (Å²) in [6.07, 6.45) is 0. The number of nitrogens with one attached hydrogen (secondary N) is 1. The van der Waals surface area contributed by atoms with E-state index in [1.54, 1.807) is 0 Å². The number of carboxylic acid groups (broad SMARTS) is 1. The molecule has 1 fully saturated rings. The number of morpholine rings is 1. The number of hydrogen-bond acceptors (Lipinski definition) is 5. The predicted molar refractivity (Wildman–Crippen MR) is 87.6 cm³/mol.